The largest absolute Gasteiger partial charge is 0.357 e. The molecule has 1 aliphatic heterocycles. The molecule has 1 heterocycles. The van der Waals surface area contributed by atoms with Gasteiger partial charge in [-0.3, -0.25) is 9.79 Å². The summed E-state index contributed by atoms with van der Waals surface area (Å²) in [6.45, 7) is 4.07. The maximum Gasteiger partial charge on any atom is 0.242 e. The summed E-state index contributed by atoms with van der Waals surface area (Å²) in [6, 6.07) is 7.28. The molecule has 5 heteroatoms. The first-order chi connectivity index (χ1) is 10.2. The summed E-state index contributed by atoms with van der Waals surface area (Å²) in [6.07, 6.45) is 1.58. The van der Waals surface area contributed by atoms with E-state index in [4.69, 9.17) is 0 Å². The van der Waals surface area contributed by atoms with Gasteiger partial charge in [0, 0.05) is 31.7 Å². The number of aldehydes is 1. The predicted octanol–water partition coefficient (Wildman–Crippen LogP) is 1.64. The Balaban J connectivity index is 2.49. The fourth-order valence-electron chi connectivity index (χ4n) is 2.65. The van der Waals surface area contributed by atoms with Gasteiger partial charge in [0.1, 0.15) is 18.2 Å². The number of carbonyl (C=O) groups excluding carboxylic acids is 2. The number of para-hydroxylation sites is 1. The maximum atomic E-state index is 12.2. The minimum atomic E-state index is -0.473. The third-order valence-corrected chi connectivity index (χ3v) is 3.62. The number of nitrogens with one attached hydrogen (secondary N) is 1. The number of carbonyl (C=O) groups is 2. The second kappa shape index (κ2) is 6.35. The number of nitrogens with zero attached hydrogens (tertiary/aromatic N) is 2. The van der Waals surface area contributed by atoms with Crippen molar-refractivity contribution in [2.75, 3.05) is 19.0 Å². The molecule has 0 saturated carbocycles. The van der Waals surface area contributed by atoms with Gasteiger partial charge in [0.15, 0.2) is 0 Å². The topological polar surface area (TPSA) is 61.8 Å². The Kier molecular flexibility index (Phi) is 4.52. The highest BCUT2D eigenvalue weighted by molar-refractivity contribution is 6.35. The van der Waals surface area contributed by atoms with E-state index >= 15 is 0 Å². The van der Waals surface area contributed by atoms with Crippen LogP contribution in [0.25, 0.3) is 5.57 Å². The fraction of sp³-hybridized carbons (Fsp3) is 0.312. The lowest BCUT2D eigenvalue weighted by molar-refractivity contribution is -0.121. The summed E-state index contributed by atoms with van der Waals surface area (Å²) in [5.74, 6) is 0.540. The van der Waals surface area contributed by atoms with Crippen molar-refractivity contribution < 1.29 is 9.59 Å². The number of aliphatic imine (C=N–C) groups is 1. The monoisotopic (exact) mass is 285 g/mol. The van der Waals surface area contributed by atoms with E-state index in [-0.39, 0.29) is 5.91 Å². The fourth-order valence-corrected chi connectivity index (χ4v) is 2.65. The van der Waals surface area contributed by atoms with Gasteiger partial charge in [0.05, 0.1) is 5.69 Å². The van der Waals surface area contributed by atoms with Crippen molar-refractivity contribution in [3.05, 3.63) is 36.4 Å². The molecule has 1 amide bonds. The van der Waals surface area contributed by atoms with Gasteiger partial charge in [-0.25, -0.2) is 0 Å². The average Bonchev–Trinajstić information content (AvgIpc) is 2.80. The molecule has 110 valence electrons. The van der Waals surface area contributed by atoms with Gasteiger partial charge in [-0.05, 0) is 12.5 Å². The lowest BCUT2D eigenvalue weighted by Gasteiger charge is -2.28. The van der Waals surface area contributed by atoms with Crippen molar-refractivity contribution in [1.82, 2.24) is 5.32 Å². The second-order valence-corrected chi connectivity index (χ2v) is 4.79. The van der Waals surface area contributed by atoms with E-state index in [1.54, 1.807) is 14.1 Å². The van der Waals surface area contributed by atoms with E-state index < -0.39 is 6.04 Å². The molecule has 2 rings (SSSR count). The van der Waals surface area contributed by atoms with Crippen LogP contribution in [0, 0.1) is 0 Å². The Morgan fingerprint density at radius 2 is 2.19 bits per heavy atom. The van der Waals surface area contributed by atoms with Crippen LogP contribution in [0.5, 0.6) is 0 Å². The maximum absolute atomic E-state index is 12.2. The van der Waals surface area contributed by atoms with Gasteiger partial charge in [-0.15, -0.1) is 0 Å². The summed E-state index contributed by atoms with van der Waals surface area (Å²) in [4.78, 5) is 29.1. The smallest absolute Gasteiger partial charge is 0.242 e. The third kappa shape index (κ3) is 2.59. The lowest BCUT2D eigenvalue weighted by atomic mass is 10.1. The number of benzene rings is 1. The quantitative estimate of drug-likeness (QED) is 0.837. The number of amidine groups is 1. The molecule has 0 aliphatic carbocycles. The number of anilines is 1. The first-order valence-corrected chi connectivity index (χ1v) is 6.85. The number of amides is 1. The summed E-state index contributed by atoms with van der Waals surface area (Å²) < 4.78 is 0. The molecule has 0 aromatic heterocycles. The van der Waals surface area contributed by atoms with Crippen molar-refractivity contribution in [2.24, 2.45) is 4.99 Å². The Bertz CT molecular complexity index is 607. The molecule has 1 N–H and O–H groups in total. The molecule has 1 aromatic carbocycles. The molecule has 1 atom stereocenters. The van der Waals surface area contributed by atoms with Gasteiger partial charge in [0.25, 0.3) is 0 Å². The van der Waals surface area contributed by atoms with E-state index in [2.05, 4.69) is 16.9 Å². The van der Waals surface area contributed by atoms with E-state index in [9.17, 15) is 9.59 Å². The Labute approximate surface area is 124 Å². The molecule has 1 aromatic rings. The molecule has 5 nitrogen and oxygen atoms in total. The first kappa shape index (κ1) is 15.0. The highest BCUT2D eigenvalue weighted by Gasteiger charge is 2.36. The van der Waals surface area contributed by atoms with E-state index in [1.165, 1.54) is 0 Å². The van der Waals surface area contributed by atoms with Crippen molar-refractivity contribution in [1.29, 1.82) is 0 Å². The number of hydrogen-bond donors (Lipinski definition) is 1. The van der Waals surface area contributed by atoms with Gasteiger partial charge in [-0.2, -0.15) is 0 Å². The third-order valence-electron chi connectivity index (χ3n) is 3.62. The van der Waals surface area contributed by atoms with Gasteiger partial charge >= 0.3 is 0 Å². The molecule has 0 spiro atoms. The summed E-state index contributed by atoms with van der Waals surface area (Å²) >= 11 is 0. The average molecular weight is 285 g/mol. The molecule has 1 unspecified atom stereocenters. The zero-order valence-electron chi connectivity index (χ0n) is 12.3. The minimum Gasteiger partial charge on any atom is -0.357 e. The molecule has 0 saturated heterocycles. The number of rotatable bonds is 5. The van der Waals surface area contributed by atoms with Crippen LogP contribution in [0.3, 0.4) is 0 Å². The van der Waals surface area contributed by atoms with Gasteiger partial charge in [-0.1, -0.05) is 24.8 Å². The zero-order valence-corrected chi connectivity index (χ0v) is 12.3. The Hall–Kier alpha value is -2.43. The normalized spacial score (nSPS) is 16.8. The minimum absolute atomic E-state index is 0.137. The standard InChI is InChI=1S/C16H19N3O2/c1-11-12-7-4-5-8-13(12)19(15(11)17-2)14(9-6-10-20)16(21)18-3/h4-5,7-8,10,14H,1,6,9H2,2-3H3,(H,18,21). The SMILES string of the molecule is C=C1C(=NC)N(C(CCC=O)C(=O)NC)c2ccccc21. The zero-order chi connectivity index (χ0) is 15.4. The summed E-state index contributed by atoms with van der Waals surface area (Å²) in [5.41, 5.74) is 2.67. The Morgan fingerprint density at radius 1 is 1.48 bits per heavy atom. The molecule has 1 aliphatic rings. The summed E-state index contributed by atoms with van der Waals surface area (Å²) in [7, 11) is 3.27. The van der Waals surface area contributed by atoms with Crippen molar-refractivity contribution in [3.8, 4) is 0 Å². The molecule has 0 radical (unpaired) electrons. The van der Waals surface area contributed by atoms with Crippen molar-refractivity contribution >= 4 is 29.3 Å². The predicted molar refractivity (Wildman–Crippen MR) is 84.5 cm³/mol. The van der Waals surface area contributed by atoms with Crippen LogP contribution in [-0.4, -0.2) is 38.2 Å². The molecular weight excluding hydrogens is 266 g/mol. The van der Waals surface area contributed by atoms with Crippen LogP contribution in [0.15, 0.2) is 35.8 Å². The van der Waals surface area contributed by atoms with Crippen LogP contribution < -0.4 is 10.2 Å². The molecule has 21 heavy (non-hydrogen) atoms. The van der Waals surface area contributed by atoms with Crippen molar-refractivity contribution in [2.45, 2.75) is 18.9 Å². The first-order valence-electron chi connectivity index (χ1n) is 6.85. The van der Waals surface area contributed by atoms with Gasteiger partial charge < -0.3 is 15.0 Å². The number of fused-ring (bicyclic) bond motifs is 1. The second-order valence-electron chi connectivity index (χ2n) is 4.79. The van der Waals surface area contributed by atoms with Crippen LogP contribution in [0.2, 0.25) is 0 Å². The van der Waals surface area contributed by atoms with E-state index in [0.717, 1.165) is 23.1 Å². The van der Waals surface area contributed by atoms with Crippen LogP contribution in [-0.2, 0) is 9.59 Å². The molecule has 0 bridgehead atoms. The van der Waals surface area contributed by atoms with Gasteiger partial charge in [0.2, 0.25) is 5.91 Å². The highest BCUT2D eigenvalue weighted by atomic mass is 16.2. The molecular formula is C16H19N3O2. The number of hydrogen-bond acceptors (Lipinski definition) is 3. The van der Waals surface area contributed by atoms with E-state index in [1.807, 2.05) is 29.2 Å². The molecule has 0 fully saturated rings. The lowest BCUT2D eigenvalue weighted by Crippen LogP contribution is -2.47. The van der Waals surface area contributed by atoms with Crippen molar-refractivity contribution in [3.63, 3.8) is 0 Å². The summed E-state index contributed by atoms with van der Waals surface area (Å²) in [5, 5.41) is 2.66. The van der Waals surface area contributed by atoms with Crippen LogP contribution >= 0.6 is 0 Å². The number of likely N-dealkylation sites (N-methyl/N-ethyl adjacent to an activating group) is 1. The van der Waals surface area contributed by atoms with Crippen LogP contribution in [0.1, 0.15) is 18.4 Å². The van der Waals surface area contributed by atoms with E-state index in [0.29, 0.717) is 18.7 Å². The Morgan fingerprint density at radius 3 is 2.81 bits per heavy atom. The highest BCUT2D eigenvalue weighted by Crippen LogP contribution is 2.38. The van der Waals surface area contributed by atoms with Crippen LogP contribution in [0.4, 0.5) is 5.69 Å².